The Morgan fingerprint density at radius 2 is 1.94 bits per heavy atom. The van der Waals surface area contributed by atoms with Crippen LogP contribution in [-0.4, -0.2) is 9.97 Å². The highest BCUT2D eigenvalue weighted by molar-refractivity contribution is 7.21. The molecule has 0 saturated carbocycles. The monoisotopic (exact) mass is 260 g/mol. The molecule has 17 heavy (non-hydrogen) atoms. The van der Waals surface area contributed by atoms with Crippen LogP contribution in [0.3, 0.4) is 0 Å². The average Bonchev–Trinajstić information content (AvgIpc) is 2.82. The zero-order valence-corrected chi connectivity index (χ0v) is 10.5. The van der Waals surface area contributed by atoms with E-state index in [-0.39, 0.29) is 0 Å². The minimum absolute atomic E-state index is 0.540. The van der Waals surface area contributed by atoms with E-state index in [4.69, 9.17) is 11.6 Å². The third kappa shape index (κ3) is 2.04. The molecule has 0 aliphatic carbocycles. The summed E-state index contributed by atoms with van der Waals surface area (Å²) in [6.07, 6.45) is 3.57. The van der Waals surface area contributed by atoms with Crippen LogP contribution in [0, 0.1) is 0 Å². The van der Waals surface area contributed by atoms with Crippen LogP contribution in [0.1, 0.15) is 5.56 Å². The number of nitrogens with zero attached hydrogens (tertiary/aromatic N) is 2. The number of alkyl halides is 1. The Labute approximate surface area is 108 Å². The second kappa shape index (κ2) is 4.43. The number of pyridine rings is 1. The number of thiazole rings is 1. The number of benzene rings is 1. The van der Waals surface area contributed by atoms with Crippen LogP contribution in [0.25, 0.3) is 20.8 Å². The minimum Gasteiger partial charge on any atom is -0.265 e. The second-order valence-corrected chi connectivity index (χ2v) is 4.99. The lowest BCUT2D eigenvalue weighted by Crippen LogP contribution is -1.77. The van der Waals surface area contributed by atoms with Gasteiger partial charge in [0.2, 0.25) is 0 Å². The van der Waals surface area contributed by atoms with Gasteiger partial charge in [0.05, 0.1) is 10.2 Å². The van der Waals surface area contributed by atoms with Gasteiger partial charge in [-0.25, -0.2) is 4.98 Å². The summed E-state index contributed by atoms with van der Waals surface area (Å²) in [6, 6.07) is 10.1. The number of fused-ring (bicyclic) bond motifs is 1. The maximum absolute atomic E-state index is 5.83. The van der Waals surface area contributed by atoms with Crippen molar-refractivity contribution in [2.75, 3.05) is 0 Å². The quantitative estimate of drug-likeness (QED) is 0.649. The third-order valence-electron chi connectivity index (χ3n) is 2.53. The van der Waals surface area contributed by atoms with Crippen LogP contribution in [0.15, 0.2) is 42.7 Å². The molecule has 0 radical (unpaired) electrons. The molecule has 0 amide bonds. The molecular weight excluding hydrogens is 252 g/mol. The van der Waals surface area contributed by atoms with Crippen molar-refractivity contribution in [1.82, 2.24) is 9.97 Å². The summed E-state index contributed by atoms with van der Waals surface area (Å²) in [5, 5.41) is 1.02. The van der Waals surface area contributed by atoms with Crippen LogP contribution < -0.4 is 0 Å². The summed E-state index contributed by atoms with van der Waals surface area (Å²) in [5.41, 5.74) is 3.26. The van der Waals surface area contributed by atoms with Crippen molar-refractivity contribution in [1.29, 1.82) is 0 Å². The summed E-state index contributed by atoms with van der Waals surface area (Å²) in [6.45, 7) is 0. The number of aromatic nitrogens is 2. The highest BCUT2D eigenvalue weighted by Crippen LogP contribution is 2.30. The lowest BCUT2D eigenvalue weighted by Gasteiger charge is -1.92. The third-order valence-corrected chi connectivity index (χ3v) is 3.91. The van der Waals surface area contributed by atoms with E-state index < -0.39 is 0 Å². The van der Waals surface area contributed by atoms with Crippen LogP contribution in [0.2, 0.25) is 0 Å². The van der Waals surface area contributed by atoms with Gasteiger partial charge in [0.25, 0.3) is 0 Å². The Morgan fingerprint density at radius 3 is 2.71 bits per heavy atom. The first-order chi connectivity index (χ1) is 8.36. The zero-order chi connectivity index (χ0) is 11.7. The van der Waals surface area contributed by atoms with Crippen LogP contribution >= 0.6 is 22.9 Å². The average molecular weight is 261 g/mol. The summed E-state index contributed by atoms with van der Waals surface area (Å²) in [7, 11) is 0. The molecule has 2 aromatic heterocycles. The zero-order valence-electron chi connectivity index (χ0n) is 8.93. The molecule has 3 aromatic rings. The summed E-state index contributed by atoms with van der Waals surface area (Å²) < 4.78 is 1.18. The van der Waals surface area contributed by atoms with Crippen molar-refractivity contribution >= 4 is 33.2 Å². The normalized spacial score (nSPS) is 10.9. The minimum atomic E-state index is 0.540. The maximum Gasteiger partial charge on any atom is 0.124 e. The smallest absolute Gasteiger partial charge is 0.124 e. The maximum atomic E-state index is 5.83. The lowest BCUT2D eigenvalue weighted by atomic mass is 10.2. The fourth-order valence-electron chi connectivity index (χ4n) is 1.67. The Balaban J connectivity index is 2.14. The Hall–Kier alpha value is -1.45. The van der Waals surface area contributed by atoms with Gasteiger partial charge >= 0.3 is 0 Å². The molecule has 4 heteroatoms. The van der Waals surface area contributed by atoms with Gasteiger partial charge in [0.15, 0.2) is 0 Å². The second-order valence-electron chi connectivity index (χ2n) is 3.69. The largest absolute Gasteiger partial charge is 0.265 e. The van der Waals surface area contributed by atoms with Gasteiger partial charge in [-0.2, -0.15) is 0 Å². The molecule has 0 fully saturated rings. The van der Waals surface area contributed by atoms with Gasteiger partial charge in [-0.1, -0.05) is 6.07 Å². The van der Waals surface area contributed by atoms with Crippen LogP contribution in [-0.2, 0) is 5.88 Å². The fourth-order valence-corrected chi connectivity index (χ4v) is 2.87. The summed E-state index contributed by atoms with van der Waals surface area (Å²) in [5.74, 6) is 0.540. The first kappa shape index (κ1) is 10.7. The van der Waals surface area contributed by atoms with Crippen LogP contribution in [0.5, 0.6) is 0 Å². The Bertz CT molecular complexity index is 649. The molecule has 2 heterocycles. The van der Waals surface area contributed by atoms with Gasteiger partial charge in [0.1, 0.15) is 5.01 Å². The number of hydrogen-bond donors (Lipinski definition) is 0. The lowest BCUT2D eigenvalue weighted by molar-refractivity contribution is 1.32. The number of halogens is 1. The topological polar surface area (TPSA) is 25.8 Å². The van der Waals surface area contributed by atoms with E-state index in [0.717, 1.165) is 21.7 Å². The molecule has 84 valence electrons. The van der Waals surface area contributed by atoms with E-state index in [1.165, 1.54) is 4.70 Å². The molecule has 0 saturated heterocycles. The van der Waals surface area contributed by atoms with Gasteiger partial charge in [-0.15, -0.1) is 22.9 Å². The van der Waals surface area contributed by atoms with Crippen molar-refractivity contribution < 1.29 is 0 Å². The summed E-state index contributed by atoms with van der Waals surface area (Å²) >= 11 is 7.51. The molecule has 3 rings (SSSR count). The van der Waals surface area contributed by atoms with E-state index in [1.807, 2.05) is 24.3 Å². The number of hydrogen-bond acceptors (Lipinski definition) is 3. The highest BCUT2D eigenvalue weighted by atomic mass is 35.5. The van der Waals surface area contributed by atoms with Crippen LogP contribution in [0.4, 0.5) is 0 Å². The van der Waals surface area contributed by atoms with E-state index in [1.54, 1.807) is 23.7 Å². The molecule has 2 nitrogen and oxygen atoms in total. The standard InChI is InChI=1S/C13H9ClN2S/c14-8-9-1-2-11-12(7-9)17-13(16-11)10-3-5-15-6-4-10/h1-7H,8H2. The van der Waals surface area contributed by atoms with E-state index in [0.29, 0.717) is 5.88 Å². The molecule has 0 bridgehead atoms. The van der Waals surface area contributed by atoms with Crippen molar-refractivity contribution in [2.24, 2.45) is 0 Å². The molecule has 0 aliphatic heterocycles. The molecular formula is C13H9ClN2S. The first-order valence-corrected chi connectivity index (χ1v) is 6.58. The predicted octanol–water partition coefficient (Wildman–Crippen LogP) is 4.10. The van der Waals surface area contributed by atoms with Gasteiger partial charge < -0.3 is 0 Å². The first-order valence-electron chi connectivity index (χ1n) is 5.22. The highest BCUT2D eigenvalue weighted by Gasteiger charge is 2.06. The summed E-state index contributed by atoms with van der Waals surface area (Å²) in [4.78, 5) is 8.62. The molecule has 0 N–H and O–H groups in total. The molecule has 1 aromatic carbocycles. The molecule has 0 aliphatic rings. The van der Waals surface area contributed by atoms with Crippen molar-refractivity contribution in [2.45, 2.75) is 5.88 Å². The van der Waals surface area contributed by atoms with E-state index in [9.17, 15) is 0 Å². The molecule has 0 unspecified atom stereocenters. The molecule has 0 spiro atoms. The van der Waals surface area contributed by atoms with Gasteiger partial charge in [0, 0.05) is 23.8 Å². The van der Waals surface area contributed by atoms with Crippen molar-refractivity contribution in [3.63, 3.8) is 0 Å². The van der Waals surface area contributed by atoms with Crippen molar-refractivity contribution in [3.05, 3.63) is 48.3 Å². The Morgan fingerprint density at radius 1 is 1.12 bits per heavy atom. The Kier molecular flexibility index (Phi) is 2.79. The molecule has 0 atom stereocenters. The number of rotatable bonds is 2. The van der Waals surface area contributed by atoms with E-state index in [2.05, 4.69) is 16.0 Å². The van der Waals surface area contributed by atoms with E-state index >= 15 is 0 Å². The SMILES string of the molecule is ClCc1ccc2nc(-c3ccncc3)sc2c1. The predicted molar refractivity (Wildman–Crippen MR) is 72.4 cm³/mol. The van der Waals surface area contributed by atoms with Crippen molar-refractivity contribution in [3.8, 4) is 10.6 Å². The van der Waals surface area contributed by atoms with Gasteiger partial charge in [-0.05, 0) is 29.8 Å². The fraction of sp³-hybridized carbons (Fsp3) is 0.0769. The van der Waals surface area contributed by atoms with Gasteiger partial charge in [-0.3, -0.25) is 4.98 Å².